The van der Waals surface area contributed by atoms with Gasteiger partial charge in [0.1, 0.15) is 12.3 Å². The van der Waals surface area contributed by atoms with Gasteiger partial charge in [-0.2, -0.15) is 0 Å². The molecule has 2 aliphatic heterocycles. The molecule has 5 nitrogen and oxygen atoms in total. The first-order valence-electron chi connectivity index (χ1n) is 6.38. The van der Waals surface area contributed by atoms with Crippen molar-refractivity contribution >= 4 is 12.0 Å². The lowest BCUT2D eigenvalue weighted by Gasteiger charge is -2.31. The Morgan fingerprint density at radius 2 is 2.00 bits per heavy atom. The van der Waals surface area contributed by atoms with Crippen LogP contribution in [0.3, 0.4) is 0 Å². The molecule has 0 N–H and O–H groups in total. The summed E-state index contributed by atoms with van der Waals surface area (Å²) in [6.45, 7) is 10.3. The summed E-state index contributed by atoms with van der Waals surface area (Å²) in [5, 5.41) is 0. The van der Waals surface area contributed by atoms with E-state index in [9.17, 15) is 4.79 Å². The molecule has 0 aromatic heterocycles. The highest BCUT2D eigenvalue weighted by Gasteiger charge is 2.56. The van der Waals surface area contributed by atoms with Crippen LogP contribution < -0.4 is 0 Å². The van der Waals surface area contributed by atoms with E-state index in [2.05, 4.69) is 25.8 Å². The van der Waals surface area contributed by atoms with Crippen LogP contribution in [0.4, 0.5) is 4.79 Å². The van der Waals surface area contributed by atoms with Gasteiger partial charge in [-0.3, -0.25) is 4.90 Å². The summed E-state index contributed by atoms with van der Waals surface area (Å²) in [5.41, 5.74) is -0.135. The molecule has 5 heteroatoms. The third-order valence-corrected chi connectivity index (χ3v) is 3.47. The van der Waals surface area contributed by atoms with Gasteiger partial charge in [-0.05, 0) is 5.92 Å². The van der Waals surface area contributed by atoms with Crippen LogP contribution in [-0.4, -0.2) is 42.3 Å². The van der Waals surface area contributed by atoms with Crippen LogP contribution in [0.2, 0.25) is 0 Å². The second-order valence-electron chi connectivity index (χ2n) is 6.36. The van der Waals surface area contributed by atoms with Crippen LogP contribution in [0.15, 0.2) is 4.99 Å². The number of ether oxygens (including phenoxy) is 2. The zero-order valence-corrected chi connectivity index (χ0v) is 11.9. The van der Waals surface area contributed by atoms with E-state index in [1.54, 1.807) is 12.0 Å². The Hall–Kier alpha value is -1.26. The summed E-state index contributed by atoms with van der Waals surface area (Å²) in [6, 6.07) is -0.174. The Morgan fingerprint density at radius 1 is 1.39 bits per heavy atom. The van der Waals surface area contributed by atoms with Gasteiger partial charge in [-0.15, -0.1) is 0 Å². The van der Waals surface area contributed by atoms with Crippen molar-refractivity contribution in [3.8, 4) is 0 Å². The molecule has 0 aliphatic carbocycles. The zero-order valence-electron chi connectivity index (χ0n) is 11.9. The van der Waals surface area contributed by atoms with Gasteiger partial charge in [0.15, 0.2) is 6.04 Å². The van der Waals surface area contributed by atoms with Crippen LogP contribution in [0.25, 0.3) is 0 Å². The van der Waals surface area contributed by atoms with E-state index in [4.69, 9.17) is 9.47 Å². The van der Waals surface area contributed by atoms with Crippen molar-refractivity contribution in [1.82, 2.24) is 4.90 Å². The number of nitrogens with zero attached hydrogens (tertiary/aromatic N) is 2. The van der Waals surface area contributed by atoms with E-state index in [-0.39, 0.29) is 35.7 Å². The number of fused-ring (bicyclic) bond motifs is 1. The van der Waals surface area contributed by atoms with Crippen molar-refractivity contribution in [2.45, 2.75) is 52.9 Å². The fourth-order valence-electron chi connectivity index (χ4n) is 2.57. The van der Waals surface area contributed by atoms with Gasteiger partial charge in [0.05, 0.1) is 7.11 Å². The van der Waals surface area contributed by atoms with Crippen LogP contribution >= 0.6 is 0 Å². The monoisotopic (exact) mass is 254 g/mol. The minimum atomic E-state index is -0.283. The smallest absolute Gasteiger partial charge is 0.412 e. The Labute approximate surface area is 108 Å². The summed E-state index contributed by atoms with van der Waals surface area (Å²) < 4.78 is 10.8. The molecule has 0 unspecified atom stereocenters. The highest BCUT2D eigenvalue weighted by Crippen LogP contribution is 2.39. The second-order valence-corrected chi connectivity index (χ2v) is 6.36. The second kappa shape index (κ2) is 4.14. The third kappa shape index (κ3) is 1.85. The quantitative estimate of drug-likeness (QED) is 0.721. The number of rotatable bonds is 1. The number of hydrogen-bond donors (Lipinski definition) is 0. The van der Waals surface area contributed by atoms with E-state index in [1.807, 2.05) is 13.8 Å². The van der Waals surface area contributed by atoms with Crippen LogP contribution in [-0.2, 0) is 9.47 Å². The van der Waals surface area contributed by atoms with Crippen LogP contribution in [0, 0.1) is 11.3 Å². The van der Waals surface area contributed by atoms with Crippen molar-refractivity contribution < 1.29 is 14.3 Å². The van der Waals surface area contributed by atoms with Gasteiger partial charge in [0.2, 0.25) is 5.90 Å². The molecule has 1 amide bonds. The number of hydrogen-bond acceptors (Lipinski definition) is 4. The van der Waals surface area contributed by atoms with Crippen molar-refractivity contribution in [3.05, 3.63) is 0 Å². The average molecular weight is 254 g/mol. The van der Waals surface area contributed by atoms with Gasteiger partial charge >= 0.3 is 6.09 Å². The molecule has 18 heavy (non-hydrogen) atoms. The van der Waals surface area contributed by atoms with Crippen molar-refractivity contribution in [1.29, 1.82) is 0 Å². The molecule has 0 aromatic carbocycles. The number of amides is 1. The lowest BCUT2D eigenvalue weighted by Crippen LogP contribution is -2.46. The SMILES string of the molecule is COC1=N[C@H](C(C)(C)C)N2C(=O)O[C@@H](C(C)C)[C@@H]12. The highest BCUT2D eigenvalue weighted by atomic mass is 16.6. The van der Waals surface area contributed by atoms with Crippen LogP contribution in [0.5, 0.6) is 0 Å². The van der Waals surface area contributed by atoms with Crippen molar-refractivity contribution in [2.24, 2.45) is 16.3 Å². The Balaban J connectivity index is 2.38. The van der Waals surface area contributed by atoms with Gasteiger partial charge < -0.3 is 9.47 Å². The number of carbonyl (C=O) groups is 1. The van der Waals surface area contributed by atoms with E-state index in [1.165, 1.54) is 0 Å². The molecule has 0 spiro atoms. The fraction of sp³-hybridized carbons (Fsp3) is 0.846. The lowest BCUT2D eigenvalue weighted by molar-refractivity contribution is 0.100. The van der Waals surface area contributed by atoms with E-state index in [0.717, 1.165) is 0 Å². The fourth-order valence-corrected chi connectivity index (χ4v) is 2.57. The number of aliphatic imine (C=N–C) groups is 1. The first kappa shape index (κ1) is 13.2. The molecular weight excluding hydrogens is 232 g/mol. The zero-order chi connectivity index (χ0) is 13.7. The molecule has 2 aliphatic rings. The van der Waals surface area contributed by atoms with Gasteiger partial charge in [-0.25, -0.2) is 9.79 Å². The van der Waals surface area contributed by atoms with Crippen LogP contribution in [0.1, 0.15) is 34.6 Å². The molecule has 2 heterocycles. The molecular formula is C13H22N2O3. The maximum absolute atomic E-state index is 12.1. The molecule has 0 saturated carbocycles. The van der Waals surface area contributed by atoms with Crippen molar-refractivity contribution in [3.63, 3.8) is 0 Å². The molecule has 102 valence electrons. The predicted octanol–water partition coefficient (Wildman–Crippen LogP) is 2.26. The standard InChI is InChI=1S/C13H22N2O3/c1-7(2)9-8-10(17-6)14-11(13(3,4)5)15(8)12(16)18-9/h7-9,11H,1-6H3/t8-,9-,11-/m0/s1. The molecule has 2 rings (SSSR count). The lowest BCUT2D eigenvalue weighted by atomic mass is 9.91. The number of carbonyl (C=O) groups excluding carboxylic acids is 1. The maximum Gasteiger partial charge on any atom is 0.412 e. The summed E-state index contributed by atoms with van der Waals surface area (Å²) in [4.78, 5) is 18.4. The average Bonchev–Trinajstić information content (AvgIpc) is 2.76. The number of cyclic esters (lactones) is 1. The van der Waals surface area contributed by atoms with Gasteiger partial charge in [-0.1, -0.05) is 34.6 Å². The molecule has 0 bridgehead atoms. The predicted molar refractivity (Wildman–Crippen MR) is 68.4 cm³/mol. The first-order valence-corrected chi connectivity index (χ1v) is 6.38. The third-order valence-electron chi connectivity index (χ3n) is 3.47. The van der Waals surface area contributed by atoms with E-state index < -0.39 is 0 Å². The van der Waals surface area contributed by atoms with Gasteiger partial charge in [0.25, 0.3) is 0 Å². The van der Waals surface area contributed by atoms with E-state index in [0.29, 0.717) is 5.90 Å². The van der Waals surface area contributed by atoms with Crippen molar-refractivity contribution in [2.75, 3.05) is 7.11 Å². The Kier molecular flexibility index (Phi) is 3.03. The topological polar surface area (TPSA) is 51.1 Å². The summed E-state index contributed by atoms with van der Waals surface area (Å²) in [6.07, 6.45) is -0.674. The molecule has 1 fully saturated rings. The Bertz CT molecular complexity index is 384. The molecule has 1 saturated heterocycles. The normalized spacial score (nSPS) is 31.5. The molecule has 3 atom stereocenters. The number of methoxy groups -OCH3 is 1. The minimum Gasteiger partial charge on any atom is -0.483 e. The Morgan fingerprint density at radius 3 is 2.44 bits per heavy atom. The molecule has 0 radical (unpaired) electrons. The van der Waals surface area contributed by atoms with E-state index >= 15 is 0 Å². The van der Waals surface area contributed by atoms with Gasteiger partial charge in [0, 0.05) is 5.41 Å². The summed E-state index contributed by atoms with van der Waals surface area (Å²) in [7, 11) is 1.60. The molecule has 0 aromatic rings. The largest absolute Gasteiger partial charge is 0.483 e. The summed E-state index contributed by atoms with van der Waals surface area (Å²) >= 11 is 0. The summed E-state index contributed by atoms with van der Waals surface area (Å²) in [5.74, 6) is 0.850. The maximum atomic E-state index is 12.1. The highest BCUT2D eigenvalue weighted by molar-refractivity contribution is 5.91. The first-order chi connectivity index (χ1) is 8.27. The minimum absolute atomic E-state index is 0.135.